The van der Waals surface area contributed by atoms with Gasteiger partial charge in [-0.05, 0) is 42.7 Å². The number of methoxy groups -OCH3 is 2. The Kier molecular flexibility index (Phi) is 7.78. The Balaban J connectivity index is 1.66. The zero-order valence-corrected chi connectivity index (χ0v) is 21.5. The maximum Gasteiger partial charge on any atom is 0.329 e. The van der Waals surface area contributed by atoms with E-state index in [0.29, 0.717) is 29.3 Å². The number of nitrogens with one attached hydrogen (secondary N) is 2. The molecule has 0 fully saturated rings. The van der Waals surface area contributed by atoms with Crippen molar-refractivity contribution in [3.63, 3.8) is 0 Å². The highest BCUT2D eigenvalue weighted by molar-refractivity contribution is 7.90. The predicted octanol–water partition coefficient (Wildman–Crippen LogP) is 4.17. The molecule has 0 aliphatic carbocycles. The minimum Gasteiger partial charge on any atom is -0.493 e. The maximum absolute atomic E-state index is 13.0. The van der Waals surface area contributed by atoms with Gasteiger partial charge in [0, 0.05) is 18.5 Å². The fraction of sp³-hybridized carbons (Fsp3) is 0.185. The van der Waals surface area contributed by atoms with Crippen LogP contribution in [-0.4, -0.2) is 38.2 Å². The fourth-order valence-corrected chi connectivity index (χ4v) is 5.21. The van der Waals surface area contributed by atoms with Gasteiger partial charge in [-0.1, -0.05) is 48.5 Å². The summed E-state index contributed by atoms with van der Waals surface area (Å²) < 4.78 is 40.5. The molecule has 9 nitrogen and oxygen atoms in total. The van der Waals surface area contributed by atoms with Crippen molar-refractivity contribution >= 4 is 16.1 Å². The standard InChI is InChI=1S/C27H28N4O5S/c1-19-9-7-8-12-25(19)37(33,34)30-27(32)29-22(17-20-10-5-4-6-11-20)26-28-15-16-31(26)21-13-14-23(35-2)24(18-21)36-3/h4-16,18,22H,17H2,1-3H3,(H2,29,30,32)/t22-/m0/s1. The van der Waals surface area contributed by atoms with Crippen molar-refractivity contribution in [2.75, 3.05) is 14.2 Å². The van der Waals surface area contributed by atoms with E-state index >= 15 is 0 Å². The van der Waals surface area contributed by atoms with Crippen LogP contribution in [-0.2, 0) is 16.4 Å². The van der Waals surface area contributed by atoms with Gasteiger partial charge in [-0.3, -0.25) is 0 Å². The summed E-state index contributed by atoms with van der Waals surface area (Å²) in [4.78, 5) is 17.5. The maximum atomic E-state index is 13.0. The first-order valence-electron chi connectivity index (χ1n) is 11.5. The van der Waals surface area contributed by atoms with Gasteiger partial charge in [-0.15, -0.1) is 0 Å². The monoisotopic (exact) mass is 520 g/mol. The number of carbonyl (C=O) groups is 1. The zero-order valence-electron chi connectivity index (χ0n) is 20.7. The van der Waals surface area contributed by atoms with Crippen molar-refractivity contribution in [3.05, 3.63) is 102 Å². The molecule has 2 amide bonds. The van der Waals surface area contributed by atoms with E-state index in [0.717, 1.165) is 11.3 Å². The van der Waals surface area contributed by atoms with Gasteiger partial charge in [-0.2, -0.15) is 0 Å². The van der Waals surface area contributed by atoms with Crippen LogP contribution < -0.4 is 19.5 Å². The molecule has 37 heavy (non-hydrogen) atoms. The number of nitrogens with zero attached hydrogens (tertiary/aromatic N) is 2. The van der Waals surface area contributed by atoms with Crippen molar-refractivity contribution in [3.8, 4) is 17.2 Å². The van der Waals surface area contributed by atoms with Gasteiger partial charge in [0.25, 0.3) is 10.0 Å². The summed E-state index contributed by atoms with van der Waals surface area (Å²) in [7, 11) is -0.966. The van der Waals surface area contributed by atoms with Gasteiger partial charge < -0.3 is 19.4 Å². The molecule has 2 N–H and O–H groups in total. The highest BCUT2D eigenvalue weighted by atomic mass is 32.2. The van der Waals surface area contributed by atoms with E-state index in [9.17, 15) is 13.2 Å². The number of rotatable bonds is 9. The lowest BCUT2D eigenvalue weighted by Crippen LogP contribution is -2.42. The van der Waals surface area contributed by atoms with E-state index in [4.69, 9.17) is 9.47 Å². The summed E-state index contributed by atoms with van der Waals surface area (Å²) in [6, 6.07) is 19.9. The van der Waals surface area contributed by atoms with Crippen molar-refractivity contribution < 1.29 is 22.7 Å². The number of amides is 2. The van der Waals surface area contributed by atoms with Crippen LogP contribution in [0.4, 0.5) is 4.79 Å². The lowest BCUT2D eigenvalue weighted by atomic mass is 10.1. The van der Waals surface area contributed by atoms with Crippen LogP contribution in [0.5, 0.6) is 11.5 Å². The Hall–Kier alpha value is -4.31. The number of sulfonamides is 1. The molecule has 0 bridgehead atoms. The molecule has 0 spiro atoms. The Labute approximate surface area is 216 Å². The average Bonchev–Trinajstić information content (AvgIpc) is 3.38. The number of hydrogen-bond acceptors (Lipinski definition) is 6. The summed E-state index contributed by atoms with van der Waals surface area (Å²) >= 11 is 0. The van der Waals surface area contributed by atoms with Gasteiger partial charge in [0.05, 0.1) is 30.8 Å². The number of imidazole rings is 1. The summed E-state index contributed by atoms with van der Waals surface area (Å²) in [5, 5.41) is 2.81. The normalized spacial score (nSPS) is 12.0. The van der Waals surface area contributed by atoms with Crippen molar-refractivity contribution in [2.24, 2.45) is 0 Å². The molecular weight excluding hydrogens is 492 g/mol. The number of aryl methyl sites for hydroxylation is 1. The van der Waals surface area contributed by atoms with E-state index in [-0.39, 0.29) is 4.90 Å². The third-order valence-corrected chi connectivity index (χ3v) is 7.32. The molecule has 1 atom stereocenters. The van der Waals surface area contributed by atoms with Crippen molar-refractivity contribution in [2.45, 2.75) is 24.3 Å². The number of aromatic nitrogens is 2. The molecule has 4 rings (SSSR count). The Morgan fingerprint density at radius 2 is 1.68 bits per heavy atom. The van der Waals surface area contributed by atoms with Crippen LogP contribution in [0.15, 0.2) is 90.1 Å². The second kappa shape index (κ2) is 11.2. The van der Waals surface area contributed by atoms with E-state index in [2.05, 4.69) is 15.0 Å². The van der Waals surface area contributed by atoms with Crippen molar-refractivity contribution in [1.29, 1.82) is 0 Å². The van der Waals surface area contributed by atoms with Gasteiger partial charge in [0.2, 0.25) is 0 Å². The van der Waals surface area contributed by atoms with Crippen LogP contribution >= 0.6 is 0 Å². The van der Waals surface area contributed by atoms with Crippen LogP contribution in [0.1, 0.15) is 23.0 Å². The molecule has 1 aromatic heterocycles. The largest absolute Gasteiger partial charge is 0.493 e. The van der Waals surface area contributed by atoms with E-state index in [1.54, 1.807) is 63.9 Å². The first-order chi connectivity index (χ1) is 17.8. The Bertz CT molecular complexity index is 1490. The lowest BCUT2D eigenvalue weighted by molar-refractivity contribution is 0.241. The number of benzene rings is 3. The fourth-order valence-electron chi connectivity index (χ4n) is 4.05. The van der Waals surface area contributed by atoms with Gasteiger partial charge >= 0.3 is 6.03 Å². The predicted molar refractivity (Wildman–Crippen MR) is 140 cm³/mol. The molecule has 0 aliphatic heterocycles. The van der Waals surface area contributed by atoms with Crippen LogP contribution in [0.2, 0.25) is 0 Å². The molecule has 3 aromatic carbocycles. The summed E-state index contributed by atoms with van der Waals surface area (Å²) in [6.07, 6.45) is 3.76. The smallest absolute Gasteiger partial charge is 0.329 e. The molecule has 0 radical (unpaired) electrons. The molecule has 192 valence electrons. The summed E-state index contributed by atoms with van der Waals surface area (Å²) in [6.45, 7) is 1.67. The molecule has 0 aliphatic rings. The average molecular weight is 521 g/mol. The topological polar surface area (TPSA) is 112 Å². The SMILES string of the molecule is COc1ccc(-n2ccnc2[C@H](Cc2ccccc2)NC(=O)NS(=O)(=O)c2ccccc2C)cc1OC. The molecular formula is C27H28N4O5S. The Morgan fingerprint density at radius 3 is 2.38 bits per heavy atom. The molecule has 1 heterocycles. The van der Waals surface area contributed by atoms with Crippen LogP contribution in [0.25, 0.3) is 5.69 Å². The third-order valence-electron chi connectivity index (χ3n) is 5.82. The van der Waals surface area contributed by atoms with Crippen LogP contribution in [0, 0.1) is 6.92 Å². The van der Waals surface area contributed by atoms with Gasteiger partial charge in [0.1, 0.15) is 5.82 Å². The van der Waals surface area contributed by atoms with Crippen molar-refractivity contribution in [1.82, 2.24) is 19.6 Å². The lowest BCUT2D eigenvalue weighted by Gasteiger charge is -2.21. The molecule has 10 heteroatoms. The van der Waals surface area contributed by atoms with Gasteiger partial charge in [-0.25, -0.2) is 22.9 Å². The first-order valence-corrected chi connectivity index (χ1v) is 13.0. The number of carbonyl (C=O) groups excluding carboxylic acids is 1. The number of ether oxygens (including phenoxy) is 2. The first kappa shape index (κ1) is 25.8. The molecule has 0 saturated heterocycles. The highest BCUT2D eigenvalue weighted by Gasteiger charge is 2.25. The minimum atomic E-state index is -4.08. The summed E-state index contributed by atoms with van der Waals surface area (Å²) in [5.41, 5.74) is 2.21. The quantitative estimate of drug-likeness (QED) is 0.343. The second-order valence-electron chi connectivity index (χ2n) is 8.28. The number of hydrogen-bond donors (Lipinski definition) is 2. The minimum absolute atomic E-state index is 0.0385. The zero-order chi connectivity index (χ0) is 26.4. The Morgan fingerprint density at radius 1 is 0.973 bits per heavy atom. The van der Waals surface area contributed by atoms with E-state index in [1.807, 2.05) is 41.0 Å². The van der Waals surface area contributed by atoms with E-state index < -0.39 is 22.1 Å². The highest BCUT2D eigenvalue weighted by Crippen LogP contribution is 2.30. The molecule has 4 aromatic rings. The number of urea groups is 1. The molecule has 0 unspecified atom stereocenters. The van der Waals surface area contributed by atoms with Crippen LogP contribution in [0.3, 0.4) is 0 Å². The second-order valence-corrected chi connectivity index (χ2v) is 9.93. The van der Waals surface area contributed by atoms with E-state index in [1.165, 1.54) is 6.07 Å². The molecule has 0 saturated carbocycles. The van der Waals surface area contributed by atoms with Gasteiger partial charge in [0.15, 0.2) is 11.5 Å². The summed E-state index contributed by atoms with van der Waals surface area (Å²) in [5.74, 6) is 1.63. The third kappa shape index (κ3) is 5.92.